The molecule has 0 spiro atoms. The van der Waals surface area contributed by atoms with E-state index in [-0.39, 0.29) is 17.1 Å². The van der Waals surface area contributed by atoms with Gasteiger partial charge < -0.3 is 4.74 Å². The smallest absolute Gasteiger partial charge is 0.417 e. The van der Waals surface area contributed by atoms with E-state index in [1.54, 1.807) is 34.6 Å². The van der Waals surface area contributed by atoms with Crippen LogP contribution in [0.3, 0.4) is 0 Å². The summed E-state index contributed by atoms with van der Waals surface area (Å²) in [5, 5.41) is 6.92. The molecule has 2 heterocycles. The molecule has 3 aromatic rings. The number of halogens is 3. The van der Waals surface area contributed by atoms with Gasteiger partial charge in [0.25, 0.3) is 0 Å². The first kappa shape index (κ1) is 20.6. The summed E-state index contributed by atoms with van der Waals surface area (Å²) in [4.78, 5) is 16.4. The number of carbonyl (C=O) groups excluding carboxylic acids is 1. The van der Waals surface area contributed by atoms with Gasteiger partial charge in [0.05, 0.1) is 17.5 Å². The summed E-state index contributed by atoms with van der Waals surface area (Å²) < 4.78 is 47.1. The van der Waals surface area contributed by atoms with Crippen LogP contribution in [0.4, 0.5) is 23.8 Å². The van der Waals surface area contributed by atoms with Gasteiger partial charge in [-0.05, 0) is 51.8 Å². The number of alkyl halides is 3. The number of ether oxygens (including phenoxy) is 1. The van der Waals surface area contributed by atoms with Crippen molar-refractivity contribution in [2.75, 3.05) is 5.32 Å². The van der Waals surface area contributed by atoms with Crippen molar-refractivity contribution in [1.82, 2.24) is 14.6 Å². The predicted octanol–water partition coefficient (Wildman–Crippen LogP) is 5.38. The number of aryl methyl sites for hydroxylation is 1. The van der Waals surface area contributed by atoms with Crippen molar-refractivity contribution >= 4 is 17.6 Å². The van der Waals surface area contributed by atoms with Crippen LogP contribution in [0.1, 0.15) is 37.5 Å². The van der Waals surface area contributed by atoms with Gasteiger partial charge in [0, 0.05) is 5.56 Å². The summed E-state index contributed by atoms with van der Waals surface area (Å²) >= 11 is 0. The molecule has 9 heteroatoms. The van der Waals surface area contributed by atoms with E-state index in [0.29, 0.717) is 16.8 Å². The Morgan fingerprint density at radius 1 is 1.10 bits per heavy atom. The van der Waals surface area contributed by atoms with Crippen molar-refractivity contribution in [3.05, 3.63) is 47.2 Å². The molecule has 0 radical (unpaired) electrons. The Kier molecular flexibility index (Phi) is 5.02. The maximum atomic E-state index is 13.5. The van der Waals surface area contributed by atoms with E-state index in [4.69, 9.17) is 4.74 Å². The highest BCUT2D eigenvalue weighted by Crippen LogP contribution is 2.38. The fourth-order valence-corrected chi connectivity index (χ4v) is 2.91. The molecule has 0 atom stereocenters. The monoisotopic (exact) mass is 406 g/mol. The van der Waals surface area contributed by atoms with Crippen molar-refractivity contribution < 1.29 is 22.7 Å². The van der Waals surface area contributed by atoms with E-state index in [1.807, 2.05) is 0 Å². The lowest BCUT2D eigenvalue weighted by atomic mass is 9.99. The Bertz CT molecular complexity index is 1080. The Hall–Kier alpha value is -3.10. The fraction of sp³-hybridized carbons (Fsp3) is 0.350. The maximum absolute atomic E-state index is 13.5. The molecular weight excluding hydrogens is 385 g/mol. The highest BCUT2D eigenvalue weighted by atomic mass is 19.4. The van der Waals surface area contributed by atoms with Crippen LogP contribution in [0.2, 0.25) is 0 Å². The normalized spacial score (nSPS) is 12.3. The Morgan fingerprint density at radius 3 is 2.38 bits per heavy atom. The first-order valence-electron chi connectivity index (χ1n) is 8.90. The Morgan fingerprint density at radius 2 is 1.76 bits per heavy atom. The highest BCUT2D eigenvalue weighted by Gasteiger charge is 2.34. The molecule has 6 nitrogen and oxygen atoms in total. The predicted molar refractivity (Wildman–Crippen MR) is 103 cm³/mol. The summed E-state index contributed by atoms with van der Waals surface area (Å²) in [6, 6.07) is 5.25. The van der Waals surface area contributed by atoms with Crippen molar-refractivity contribution in [2.24, 2.45) is 0 Å². The zero-order chi connectivity index (χ0) is 21.6. The average molecular weight is 406 g/mol. The van der Waals surface area contributed by atoms with Gasteiger partial charge in [0.2, 0.25) is 0 Å². The topological polar surface area (TPSA) is 68.5 Å². The molecule has 0 aliphatic heterocycles. The van der Waals surface area contributed by atoms with Crippen molar-refractivity contribution in [2.45, 2.75) is 46.4 Å². The number of anilines is 1. The zero-order valence-electron chi connectivity index (χ0n) is 16.7. The number of aromatic nitrogens is 3. The molecule has 1 N–H and O–H groups in total. The summed E-state index contributed by atoms with van der Waals surface area (Å²) in [5.41, 5.74) is 0.291. The lowest BCUT2D eigenvalue weighted by molar-refractivity contribution is -0.137. The van der Waals surface area contributed by atoms with E-state index in [9.17, 15) is 18.0 Å². The van der Waals surface area contributed by atoms with Gasteiger partial charge in [-0.3, -0.25) is 5.32 Å². The molecule has 0 fully saturated rings. The molecule has 0 bridgehead atoms. The third kappa shape index (κ3) is 4.18. The number of fused-ring (bicyclic) bond motifs is 1. The first-order chi connectivity index (χ1) is 13.4. The van der Waals surface area contributed by atoms with Crippen molar-refractivity contribution in [3.63, 3.8) is 0 Å². The molecule has 29 heavy (non-hydrogen) atoms. The van der Waals surface area contributed by atoms with Gasteiger partial charge in [0.1, 0.15) is 5.60 Å². The molecule has 154 valence electrons. The molecule has 0 saturated carbocycles. The minimum atomic E-state index is -4.53. The maximum Gasteiger partial charge on any atom is 0.417 e. The summed E-state index contributed by atoms with van der Waals surface area (Å²) in [7, 11) is 0. The van der Waals surface area contributed by atoms with Crippen LogP contribution >= 0.6 is 0 Å². The largest absolute Gasteiger partial charge is 0.444 e. The number of benzene rings is 1. The van der Waals surface area contributed by atoms with Crippen LogP contribution in [0.15, 0.2) is 30.5 Å². The number of nitrogens with one attached hydrogen (secondary N) is 1. The van der Waals surface area contributed by atoms with Gasteiger partial charge in [-0.15, -0.1) is 0 Å². The van der Waals surface area contributed by atoms with E-state index < -0.39 is 23.4 Å². The van der Waals surface area contributed by atoms with E-state index >= 15 is 0 Å². The van der Waals surface area contributed by atoms with Gasteiger partial charge in [-0.2, -0.15) is 22.8 Å². The van der Waals surface area contributed by atoms with E-state index in [0.717, 1.165) is 6.07 Å². The molecule has 0 saturated heterocycles. The number of hydrogen-bond donors (Lipinski definition) is 1. The summed E-state index contributed by atoms with van der Waals surface area (Å²) in [5.74, 6) is 0.197. The second-order valence-corrected chi connectivity index (χ2v) is 7.65. The number of amides is 1. The SMILES string of the molecule is Cc1c(-c2ccccc2C(F)(F)F)nn2c(NC(=O)OC(C)(C)C)cnc2c1C. The van der Waals surface area contributed by atoms with Gasteiger partial charge >= 0.3 is 12.3 Å². The quantitative estimate of drug-likeness (QED) is 0.621. The van der Waals surface area contributed by atoms with Crippen LogP contribution in [0, 0.1) is 13.8 Å². The lowest BCUT2D eigenvalue weighted by Crippen LogP contribution is -2.27. The fourth-order valence-electron chi connectivity index (χ4n) is 2.91. The van der Waals surface area contributed by atoms with Gasteiger partial charge in [0.15, 0.2) is 11.5 Å². The molecule has 1 aromatic carbocycles. The van der Waals surface area contributed by atoms with Crippen LogP contribution in [0.5, 0.6) is 0 Å². The van der Waals surface area contributed by atoms with Crippen molar-refractivity contribution in [1.29, 1.82) is 0 Å². The van der Waals surface area contributed by atoms with Gasteiger partial charge in [-0.1, -0.05) is 18.2 Å². The molecule has 0 aliphatic carbocycles. The number of rotatable bonds is 2. The third-order valence-corrected chi connectivity index (χ3v) is 4.31. The second kappa shape index (κ2) is 7.06. The van der Waals surface area contributed by atoms with Crippen LogP contribution in [-0.2, 0) is 10.9 Å². The number of nitrogens with zero attached hydrogens (tertiary/aromatic N) is 3. The van der Waals surface area contributed by atoms with Crippen LogP contribution < -0.4 is 5.32 Å². The Labute approximate surface area is 165 Å². The van der Waals surface area contributed by atoms with Gasteiger partial charge in [-0.25, -0.2) is 9.78 Å². The first-order valence-corrected chi connectivity index (χ1v) is 8.90. The molecule has 3 rings (SSSR count). The van der Waals surface area contributed by atoms with E-state index in [2.05, 4.69) is 15.4 Å². The van der Waals surface area contributed by atoms with Crippen molar-refractivity contribution in [3.8, 4) is 11.3 Å². The highest BCUT2D eigenvalue weighted by molar-refractivity contribution is 5.84. The lowest BCUT2D eigenvalue weighted by Gasteiger charge is -2.19. The minimum Gasteiger partial charge on any atom is -0.444 e. The van der Waals surface area contributed by atoms with Crippen LogP contribution in [0.25, 0.3) is 16.9 Å². The van der Waals surface area contributed by atoms with Crippen LogP contribution in [-0.4, -0.2) is 26.3 Å². The number of imidazole rings is 1. The molecule has 0 aliphatic rings. The zero-order valence-corrected chi connectivity index (χ0v) is 16.7. The molecular formula is C20H21F3N4O2. The van der Waals surface area contributed by atoms with E-state index in [1.165, 1.54) is 28.9 Å². The average Bonchev–Trinajstić information content (AvgIpc) is 2.98. The standard InChI is InChI=1S/C20H21F3N4O2/c1-11-12(2)17-24-10-15(25-18(28)29-19(3,4)5)27(17)26-16(11)13-8-6-7-9-14(13)20(21,22)23/h6-10H,1-5H3,(H,25,28). The molecule has 0 unspecified atom stereocenters. The molecule has 2 aromatic heterocycles. The third-order valence-electron chi connectivity index (χ3n) is 4.31. The number of hydrogen-bond acceptors (Lipinski definition) is 4. The Balaban J connectivity index is 2.15. The summed E-state index contributed by atoms with van der Waals surface area (Å²) in [6.07, 6.45) is -3.85. The minimum absolute atomic E-state index is 0.0422. The second-order valence-electron chi connectivity index (χ2n) is 7.65. The number of carbonyl (C=O) groups is 1. The summed E-state index contributed by atoms with van der Waals surface area (Å²) in [6.45, 7) is 8.60. The molecule has 1 amide bonds.